The molecule has 2 nitrogen and oxygen atoms in total. The lowest BCUT2D eigenvalue weighted by Crippen LogP contribution is -1.95. The van der Waals surface area contributed by atoms with E-state index in [2.05, 4.69) is 0 Å². The first kappa shape index (κ1) is 9.14. The molecule has 0 rings (SSSR count). The largest absolute Gasteiger partial charge is 0.478 e. The normalized spacial score (nSPS) is 11.6. The highest BCUT2D eigenvalue weighted by Crippen LogP contribution is 1.98. The van der Waals surface area contributed by atoms with E-state index < -0.39 is 5.97 Å². The van der Waals surface area contributed by atoms with Gasteiger partial charge in [-0.15, -0.1) is 0 Å². The Balaban J connectivity index is 3.58. The zero-order valence-electron chi connectivity index (χ0n) is 5.93. The van der Waals surface area contributed by atoms with Crippen molar-refractivity contribution in [2.24, 2.45) is 0 Å². The summed E-state index contributed by atoms with van der Waals surface area (Å²) in [5.41, 5.74) is 0.286. The Hall–Kier alpha value is -0.860. The Bertz CT molecular complexity index is 141. The fraction of sp³-hybridized carbons (Fsp3) is 0.571. The lowest BCUT2D eigenvalue weighted by molar-refractivity contribution is -0.132. The molecule has 1 N–H and O–H groups in total. The summed E-state index contributed by atoms with van der Waals surface area (Å²) in [5, 5.41) is 8.32. The maximum absolute atomic E-state index is 11.5. The molecule has 0 amide bonds. The fourth-order valence-corrected chi connectivity index (χ4v) is 0.483. The van der Waals surface area contributed by atoms with E-state index >= 15 is 0 Å². The van der Waals surface area contributed by atoms with Crippen LogP contribution in [-0.2, 0) is 4.79 Å². The predicted molar refractivity (Wildman–Crippen MR) is 36.6 cm³/mol. The first-order chi connectivity index (χ1) is 4.68. The topological polar surface area (TPSA) is 37.3 Å². The highest BCUT2D eigenvalue weighted by atomic mass is 19.1. The smallest absolute Gasteiger partial charge is 0.330 e. The van der Waals surface area contributed by atoms with Crippen molar-refractivity contribution in [3.63, 3.8) is 0 Å². The summed E-state index contributed by atoms with van der Waals surface area (Å²) >= 11 is 0. The Labute approximate surface area is 59.4 Å². The van der Waals surface area contributed by atoms with E-state index in [4.69, 9.17) is 5.11 Å². The molecular weight excluding hydrogens is 135 g/mol. The quantitative estimate of drug-likeness (QED) is 0.484. The molecule has 3 heteroatoms. The molecule has 0 atom stereocenters. The number of aliphatic carboxylic acids is 1. The zero-order chi connectivity index (χ0) is 7.98. The summed E-state index contributed by atoms with van der Waals surface area (Å²) in [5.74, 6) is -0.932. The van der Waals surface area contributed by atoms with Gasteiger partial charge in [0.1, 0.15) is 0 Å². The van der Waals surface area contributed by atoms with E-state index in [0.717, 1.165) is 0 Å². The average Bonchev–Trinajstić information content (AvgIpc) is 1.88. The number of rotatable bonds is 4. The number of hydrogen-bond acceptors (Lipinski definition) is 1. The SMILES string of the molecule is CC(=CCCCF)C(=O)O. The van der Waals surface area contributed by atoms with Crippen molar-refractivity contribution in [1.82, 2.24) is 0 Å². The monoisotopic (exact) mass is 146 g/mol. The number of halogens is 1. The fourth-order valence-electron chi connectivity index (χ4n) is 0.483. The zero-order valence-corrected chi connectivity index (χ0v) is 5.93. The molecule has 58 valence electrons. The van der Waals surface area contributed by atoms with Gasteiger partial charge in [0.05, 0.1) is 6.67 Å². The Morgan fingerprint density at radius 2 is 2.30 bits per heavy atom. The third-order valence-corrected chi connectivity index (χ3v) is 1.13. The highest BCUT2D eigenvalue weighted by Gasteiger charge is 1.96. The molecule has 0 aliphatic carbocycles. The van der Waals surface area contributed by atoms with Gasteiger partial charge in [0.2, 0.25) is 0 Å². The van der Waals surface area contributed by atoms with Gasteiger partial charge in [-0.25, -0.2) is 4.79 Å². The molecule has 0 spiro atoms. The van der Waals surface area contributed by atoms with E-state index in [-0.39, 0.29) is 12.2 Å². The van der Waals surface area contributed by atoms with Gasteiger partial charge < -0.3 is 5.11 Å². The average molecular weight is 146 g/mol. The molecule has 0 aromatic carbocycles. The van der Waals surface area contributed by atoms with Gasteiger partial charge in [-0.05, 0) is 19.8 Å². The molecule has 0 aliphatic rings. The molecule has 0 radical (unpaired) electrons. The molecule has 0 unspecified atom stereocenters. The molecule has 0 aliphatic heterocycles. The third-order valence-electron chi connectivity index (χ3n) is 1.13. The number of hydrogen-bond donors (Lipinski definition) is 1. The number of carboxylic acids is 1. The van der Waals surface area contributed by atoms with Crippen LogP contribution in [0.15, 0.2) is 11.6 Å². The molecule has 0 heterocycles. The van der Waals surface area contributed by atoms with Crippen LogP contribution in [0.5, 0.6) is 0 Å². The minimum absolute atomic E-state index is 0.286. The number of carbonyl (C=O) groups is 1. The molecule has 0 saturated carbocycles. The highest BCUT2D eigenvalue weighted by molar-refractivity contribution is 5.85. The second-order valence-electron chi connectivity index (χ2n) is 2.02. The van der Waals surface area contributed by atoms with Crippen LogP contribution in [0.3, 0.4) is 0 Å². The van der Waals surface area contributed by atoms with Crippen molar-refractivity contribution in [3.8, 4) is 0 Å². The second-order valence-corrected chi connectivity index (χ2v) is 2.02. The van der Waals surface area contributed by atoms with Crippen LogP contribution in [0.2, 0.25) is 0 Å². The van der Waals surface area contributed by atoms with Crippen molar-refractivity contribution >= 4 is 5.97 Å². The first-order valence-corrected chi connectivity index (χ1v) is 3.14. The molecule has 0 saturated heterocycles. The van der Waals surface area contributed by atoms with Gasteiger partial charge in [0.15, 0.2) is 0 Å². The van der Waals surface area contributed by atoms with Gasteiger partial charge in [0.25, 0.3) is 0 Å². The Kier molecular flexibility index (Phi) is 4.54. The molecule has 0 bridgehead atoms. The minimum atomic E-state index is -0.932. The lowest BCUT2D eigenvalue weighted by atomic mass is 10.2. The van der Waals surface area contributed by atoms with Crippen molar-refractivity contribution in [2.75, 3.05) is 6.67 Å². The van der Waals surface area contributed by atoms with Crippen LogP contribution in [-0.4, -0.2) is 17.8 Å². The summed E-state index contributed by atoms with van der Waals surface area (Å²) in [4.78, 5) is 10.1. The van der Waals surface area contributed by atoms with Crippen LogP contribution < -0.4 is 0 Å². The predicted octanol–water partition coefficient (Wildman–Crippen LogP) is 1.77. The summed E-state index contributed by atoms with van der Waals surface area (Å²) in [7, 11) is 0. The summed E-state index contributed by atoms with van der Waals surface area (Å²) in [6, 6.07) is 0. The Morgan fingerprint density at radius 3 is 2.70 bits per heavy atom. The molecular formula is C7H11FO2. The van der Waals surface area contributed by atoms with E-state index in [9.17, 15) is 9.18 Å². The molecule has 10 heavy (non-hydrogen) atoms. The molecule has 0 fully saturated rings. The first-order valence-electron chi connectivity index (χ1n) is 3.14. The van der Waals surface area contributed by atoms with E-state index in [1.54, 1.807) is 0 Å². The Morgan fingerprint density at radius 1 is 1.70 bits per heavy atom. The molecule has 0 aromatic rings. The van der Waals surface area contributed by atoms with E-state index in [0.29, 0.717) is 12.8 Å². The number of alkyl halides is 1. The maximum Gasteiger partial charge on any atom is 0.330 e. The second kappa shape index (κ2) is 4.97. The van der Waals surface area contributed by atoms with Crippen LogP contribution in [0.4, 0.5) is 4.39 Å². The number of unbranched alkanes of at least 4 members (excludes halogenated alkanes) is 1. The summed E-state index contributed by atoms with van der Waals surface area (Å²) < 4.78 is 11.5. The third kappa shape index (κ3) is 4.06. The van der Waals surface area contributed by atoms with Crippen LogP contribution >= 0.6 is 0 Å². The lowest BCUT2D eigenvalue weighted by Gasteiger charge is -1.90. The summed E-state index contributed by atoms with van der Waals surface area (Å²) in [6.07, 6.45) is 2.45. The van der Waals surface area contributed by atoms with Crippen LogP contribution in [0, 0.1) is 0 Å². The van der Waals surface area contributed by atoms with E-state index in [1.165, 1.54) is 13.0 Å². The van der Waals surface area contributed by atoms with Gasteiger partial charge >= 0.3 is 5.97 Å². The number of allylic oxidation sites excluding steroid dienone is 1. The van der Waals surface area contributed by atoms with Crippen LogP contribution in [0.25, 0.3) is 0 Å². The number of carboxylic acid groups (broad SMARTS) is 1. The van der Waals surface area contributed by atoms with Crippen molar-refractivity contribution in [1.29, 1.82) is 0 Å². The standard InChI is InChI=1S/C7H11FO2/c1-6(7(9)10)4-2-3-5-8/h4H,2-3,5H2,1H3,(H,9,10). The van der Waals surface area contributed by atoms with Crippen molar-refractivity contribution in [3.05, 3.63) is 11.6 Å². The van der Waals surface area contributed by atoms with Crippen LogP contribution in [0.1, 0.15) is 19.8 Å². The van der Waals surface area contributed by atoms with Gasteiger partial charge in [-0.3, -0.25) is 4.39 Å². The van der Waals surface area contributed by atoms with Crippen molar-refractivity contribution in [2.45, 2.75) is 19.8 Å². The van der Waals surface area contributed by atoms with Gasteiger partial charge in [0, 0.05) is 5.57 Å². The van der Waals surface area contributed by atoms with E-state index in [1.807, 2.05) is 0 Å². The maximum atomic E-state index is 11.5. The molecule has 0 aromatic heterocycles. The van der Waals surface area contributed by atoms with Gasteiger partial charge in [-0.1, -0.05) is 6.08 Å². The minimum Gasteiger partial charge on any atom is -0.478 e. The summed E-state index contributed by atoms with van der Waals surface area (Å²) in [6.45, 7) is 1.12. The van der Waals surface area contributed by atoms with Crippen molar-refractivity contribution < 1.29 is 14.3 Å². The van der Waals surface area contributed by atoms with Gasteiger partial charge in [-0.2, -0.15) is 0 Å².